The zero-order valence-electron chi connectivity index (χ0n) is 15.2. The highest BCUT2D eigenvalue weighted by Crippen LogP contribution is 2.29. The maximum absolute atomic E-state index is 12.6. The molecule has 0 saturated carbocycles. The highest BCUT2D eigenvalue weighted by atomic mass is 19.4. The van der Waals surface area contributed by atoms with Crippen LogP contribution in [0, 0.1) is 10.1 Å². The molecule has 7 nitrogen and oxygen atoms in total. The van der Waals surface area contributed by atoms with E-state index in [0.29, 0.717) is 5.56 Å². The third-order valence-electron chi connectivity index (χ3n) is 4.19. The Hall–Kier alpha value is -3.95. The number of nitro benzene ring substituents is 1. The number of nitro groups is 1. The summed E-state index contributed by atoms with van der Waals surface area (Å²) in [6.07, 6.45) is -3.20. The van der Waals surface area contributed by atoms with Gasteiger partial charge in [-0.3, -0.25) is 19.7 Å². The summed E-state index contributed by atoms with van der Waals surface area (Å²) in [6.45, 7) is 0.00190. The number of benzene rings is 2. The molecule has 154 valence electrons. The molecule has 0 spiro atoms. The summed E-state index contributed by atoms with van der Waals surface area (Å²) in [4.78, 5) is 34.8. The quantitative estimate of drug-likeness (QED) is 0.500. The molecule has 1 heterocycles. The van der Waals surface area contributed by atoms with E-state index < -0.39 is 28.1 Å². The van der Waals surface area contributed by atoms with Gasteiger partial charge in [0, 0.05) is 30.1 Å². The van der Waals surface area contributed by atoms with Gasteiger partial charge < -0.3 is 9.88 Å². The molecule has 0 aliphatic heterocycles. The Morgan fingerprint density at radius 1 is 1.07 bits per heavy atom. The number of amides is 1. The number of non-ortho nitro benzene ring substituents is 1. The highest BCUT2D eigenvalue weighted by molar-refractivity contribution is 6.04. The van der Waals surface area contributed by atoms with E-state index in [4.69, 9.17) is 0 Å². The molecule has 0 radical (unpaired) electrons. The van der Waals surface area contributed by atoms with Crippen LogP contribution >= 0.6 is 0 Å². The van der Waals surface area contributed by atoms with E-state index in [0.717, 1.165) is 24.3 Å². The molecule has 1 N–H and O–H groups in total. The van der Waals surface area contributed by atoms with E-state index in [9.17, 15) is 32.9 Å². The Morgan fingerprint density at radius 3 is 2.40 bits per heavy atom. The summed E-state index contributed by atoms with van der Waals surface area (Å²) in [6, 6.07) is 12.1. The molecule has 30 heavy (non-hydrogen) atoms. The number of aromatic nitrogens is 1. The van der Waals surface area contributed by atoms with Crippen molar-refractivity contribution in [3.05, 3.63) is 104 Å². The monoisotopic (exact) mass is 417 g/mol. The van der Waals surface area contributed by atoms with Crippen molar-refractivity contribution in [3.8, 4) is 0 Å². The maximum atomic E-state index is 12.6. The van der Waals surface area contributed by atoms with Crippen LogP contribution in [-0.2, 0) is 12.7 Å². The molecule has 0 atom stereocenters. The topological polar surface area (TPSA) is 94.2 Å². The summed E-state index contributed by atoms with van der Waals surface area (Å²) in [5.74, 6) is -0.623. The Morgan fingerprint density at radius 2 is 1.77 bits per heavy atom. The lowest BCUT2D eigenvalue weighted by molar-refractivity contribution is -0.384. The van der Waals surface area contributed by atoms with Gasteiger partial charge in [-0.2, -0.15) is 13.2 Å². The highest BCUT2D eigenvalue weighted by Gasteiger charge is 2.30. The van der Waals surface area contributed by atoms with Gasteiger partial charge in [0.15, 0.2) is 0 Å². The lowest BCUT2D eigenvalue weighted by Crippen LogP contribution is -2.22. The van der Waals surface area contributed by atoms with Gasteiger partial charge in [-0.25, -0.2) is 0 Å². The molecule has 3 rings (SSSR count). The van der Waals surface area contributed by atoms with E-state index in [2.05, 4.69) is 5.32 Å². The molecular formula is C20H14F3N3O4. The van der Waals surface area contributed by atoms with Crippen molar-refractivity contribution in [1.82, 2.24) is 4.57 Å². The first-order chi connectivity index (χ1) is 14.1. The minimum atomic E-state index is -4.48. The Labute approximate surface area is 167 Å². The Bertz CT molecular complexity index is 1150. The molecule has 0 bridgehead atoms. The van der Waals surface area contributed by atoms with E-state index >= 15 is 0 Å². The lowest BCUT2D eigenvalue weighted by Gasteiger charge is -2.10. The first-order valence-corrected chi connectivity index (χ1v) is 8.56. The average molecular weight is 417 g/mol. The third-order valence-corrected chi connectivity index (χ3v) is 4.19. The van der Waals surface area contributed by atoms with Crippen LogP contribution in [0.15, 0.2) is 71.7 Å². The second-order valence-electron chi connectivity index (χ2n) is 6.34. The number of nitrogens with one attached hydrogen (secondary N) is 1. The fourth-order valence-corrected chi connectivity index (χ4v) is 2.70. The van der Waals surface area contributed by atoms with E-state index in [1.165, 1.54) is 41.1 Å². The summed E-state index contributed by atoms with van der Waals surface area (Å²) < 4.78 is 39.1. The smallest absolute Gasteiger partial charge is 0.322 e. The van der Waals surface area contributed by atoms with Crippen LogP contribution in [0.1, 0.15) is 21.5 Å². The summed E-state index contributed by atoms with van der Waals surface area (Å²) in [5.41, 5.74) is -0.647. The normalized spacial score (nSPS) is 11.2. The van der Waals surface area contributed by atoms with Gasteiger partial charge in [-0.15, -0.1) is 0 Å². The Balaban J connectivity index is 1.79. The third kappa shape index (κ3) is 4.90. The number of hydrogen-bond acceptors (Lipinski definition) is 4. The minimum Gasteiger partial charge on any atom is -0.322 e. The van der Waals surface area contributed by atoms with Crippen LogP contribution in [0.4, 0.5) is 24.5 Å². The number of alkyl halides is 3. The van der Waals surface area contributed by atoms with Gasteiger partial charge >= 0.3 is 6.18 Å². The SMILES string of the molecule is O=C(Nc1ccc(C(F)(F)F)cc1)c1ccc(=O)n(Cc2cccc([N+](=O)[O-])c2)c1. The number of carbonyl (C=O) groups is 1. The zero-order chi connectivity index (χ0) is 21.9. The number of nitrogens with zero attached hydrogens (tertiary/aromatic N) is 2. The van der Waals surface area contributed by atoms with Crippen molar-refractivity contribution in [2.24, 2.45) is 0 Å². The molecule has 0 fully saturated rings. The molecule has 0 aliphatic rings. The van der Waals surface area contributed by atoms with Crippen molar-refractivity contribution in [2.75, 3.05) is 5.32 Å². The van der Waals surface area contributed by atoms with Gasteiger partial charge in [0.2, 0.25) is 0 Å². The predicted molar refractivity (Wildman–Crippen MR) is 102 cm³/mol. The van der Waals surface area contributed by atoms with Gasteiger partial charge in [-0.05, 0) is 35.9 Å². The van der Waals surface area contributed by atoms with Crippen molar-refractivity contribution in [1.29, 1.82) is 0 Å². The van der Waals surface area contributed by atoms with Gasteiger partial charge in [0.05, 0.1) is 22.6 Å². The number of hydrogen-bond donors (Lipinski definition) is 1. The van der Waals surface area contributed by atoms with E-state index in [-0.39, 0.29) is 23.5 Å². The van der Waals surface area contributed by atoms with Gasteiger partial charge in [-0.1, -0.05) is 12.1 Å². The standard InChI is InChI=1S/C20H14F3N3O4/c21-20(22,23)15-5-7-16(8-6-15)24-19(28)14-4-9-18(27)25(12-14)11-13-2-1-3-17(10-13)26(29)30/h1-10,12H,11H2,(H,24,28). The fourth-order valence-electron chi connectivity index (χ4n) is 2.70. The molecule has 1 aromatic heterocycles. The molecule has 0 saturated heterocycles. The fraction of sp³-hybridized carbons (Fsp3) is 0.100. The van der Waals surface area contributed by atoms with Gasteiger partial charge in [0.25, 0.3) is 17.2 Å². The largest absolute Gasteiger partial charge is 0.416 e. The van der Waals surface area contributed by atoms with Crippen molar-refractivity contribution < 1.29 is 22.9 Å². The molecule has 2 aromatic carbocycles. The van der Waals surface area contributed by atoms with Crippen LogP contribution in [0.5, 0.6) is 0 Å². The molecule has 10 heteroatoms. The molecule has 0 aliphatic carbocycles. The molecular weight excluding hydrogens is 403 g/mol. The van der Waals surface area contributed by atoms with Crippen LogP contribution in [0.2, 0.25) is 0 Å². The number of anilines is 1. The van der Waals surface area contributed by atoms with Crippen molar-refractivity contribution >= 4 is 17.3 Å². The lowest BCUT2D eigenvalue weighted by atomic mass is 10.2. The van der Waals surface area contributed by atoms with Crippen molar-refractivity contribution in [3.63, 3.8) is 0 Å². The second-order valence-corrected chi connectivity index (χ2v) is 6.34. The number of rotatable bonds is 5. The van der Waals surface area contributed by atoms with E-state index in [1.54, 1.807) is 6.07 Å². The summed E-state index contributed by atoms with van der Waals surface area (Å²) >= 11 is 0. The molecule has 3 aromatic rings. The number of carbonyl (C=O) groups excluding carboxylic acids is 1. The van der Waals surface area contributed by atoms with Crippen LogP contribution in [0.25, 0.3) is 0 Å². The van der Waals surface area contributed by atoms with E-state index in [1.807, 2.05) is 0 Å². The maximum Gasteiger partial charge on any atom is 0.416 e. The first kappa shape index (κ1) is 20.8. The van der Waals surface area contributed by atoms with Gasteiger partial charge in [0.1, 0.15) is 0 Å². The van der Waals surface area contributed by atoms with Crippen LogP contribution < -0.4 is 10.9 Å². The number of halogens is 3. The summed E-state index contributed by atoms with van der Waals surface area (Å²) in [5, 5.41) is 13.3. The summed E-state index contributed by atoms with van der Waals surface area (Å²) in [7, 11) is 0. The Kier molecular flexibility index (Phi) is 5.67. The average Bonchev–Trinajstić information content (AvgIpc) is 2.69. The predicted octanol–water partition coefficient (Wildman–Crippen LogP) is 4.08. The van der Waals surface area contributed by atoms with Crippen LogP contribution in [-0.4, -0.2) is 15.4 Å². The molecule has 0 unspecified atom stereocenters. The first-order valence-electron chi connectivity index (χ1n) is 8.56. The minimum absolute atomic E-state index is 0.00190. The van der Waals surface area contributed by atoms with Crippen molar-refractivity contribution in [2.45, 2.75) is 12.7 Å². The van der Waals surface area contributed by atoms with Crippen LogP contribution in [0.3, 0.4) is 0 Å². The number of pyridine rings is 1. The second kappa shape index (κ2) is 8.19. The zero-order valence-corrected chi connectivity index (χ0v) is 15.2. The molecule has 1 amide bonds.